The molecule has 0 unspecified atom stereocenters. The molecule has 31 heavy (non-hydrogen) atoms. The summed E-state index contributed by atoms with van der Waals surface area (Å²) in [4.78, 5) is 4.95. The van der Waals surface area contributed by atoms with Crippen LogP contribution in [0.25, 0.3) is 0 Å². The van der Waals surface area contributed by atoms with Crippen molar-refractivity contribution in [3.63, 3.8) is 0 Å². The molecule has 2 heterocycles. The van der Waals surface area contributed by atoms with Crippen LogP contribution in [0.5, 0.6) is 11.5 Å². The third-order valence-corrected chi connectivity index (χ3v) is 5.95. The highest BCUT2D eigenvalue weighted by Gasteiger charge is 2.30. The smallest absolute Gasteiger partial charge is 0.173 e. The van der Waals surface area contributed by atoms with E-state index in [1.54, 1.807) is 14.2 Å². The molecule has 0 amide bonds. The first-order chi connectivity index (χ1) is 15.2. The summed E-state index contributed by atoms with van der Waals surface area (Å²) in [6.07, 6.45) is 0. The first-order valence-corrected chi connectivity index (χ1v) is 10.7. The topological polar surface area (TPSA) is 68.5 Å². The molecule has 164 valence electrons. The van der Waals surface area contributed by atoms with E-state index in [0.29, 0.717) is 6.54 Å². The molecule has 0 radical (unpaired) electrons. The van der Waals surface area contributed by atoms with E-state index in [0.717, 1.165) is 61.2 Å². The Morgan fingerprint density at radius 2 is 1.48 bits per heavy atom. The average molecular weight is 423 g/mol. The summed E-state index contributed by atoms with van der Waals surface area (Å²) >= 11 is 0. The van der Waals surface area contributed by atoms with Gasteiger partial charge in [0.15, 0.2) is 5.82 Å². The number of nitrogens with zero attached hydrogens (tertiary/aromatic N) is 6. The molecule has 1 atom stereocenters. The minimum atomic E-state index is -0.0156. The molecule has 1 aromatic heterocycles. The Labute approximate surface area is 183 Å². The third kappa shape index (κ3) is 4.86. The van der Waals surface area contributed by atoms with Gasteiger partial charge >= 0.3 is 0 Å². The van der Waals surface area contributed by atoms with Gasteiger partial charge in [-0.3, -0.25) is 4.90 Å². The van der Waals surface area contributed by atoms with Gasteiger partial charge in [0.25, 0.3) is 0 Å². The van der Waals surface area contributed by atoms with Crippen molar-refractivity contribution in [1.82, 2.24) is 30.0 Å². The van der Waals surface area contributed by atoms with Crippen molar-refractivity contribution in [2.24, 2.45) is 0 Å². The molecule has 8 nitrogen and oxygen atoms in total. The van der Waals surface area contributed by atoms with Crippen LogP contribution in [0.15, 0.2) is 48.5 Å². The quantitative estimate of drug-likeness (QED) is 0.552. The lowest BCUT2D eigenvalue weighted by Crippen LogP contribution is -2.48. The van der Waals surface area contributed by atoms with E-state index in [4.69, 9.17) is 9.47 Å². The summed E-state index contributed by atoms with van der Waals surface area (Å²) in [5.41, 5.74) is 2.29. The van der Waals surface area contributed by atoms with Crippen molar-refractivity contribution >= 4 is 0 Å². The first kappa shape index (κ1) is 21.3. The van der Waals surface area contributed by atoms with Crippen molar-refractivity contribution in [3.05, 3.63) is 65.5 Å². The monoisotopic (exact) mass is 422 g/mol. The van der Waals surface area contributed by atoms with E-state index in [2.05, 4.69) is 44.4 Å². The second-order valence-corrected chi connectivity index (χ2v) is 7.69. The predicted molar refractivity (Wildman–Crippen MR) is 118 cm³/mol. The van der Waals surface area contributed by atoms with Gasteiger partial charge in [0.2, 0.25) is 0 Å². The summed E-state index contributed by atoms with van der Waals surface area (Å²) < 4.78 is 12.5. The Morgan fingerprint density at radius 1 is 0.871 bits per heavy atom. The molecule has 1 fully saturated rings. The van der Waals surface area contributed by atoms with Crippen LogP contribution in [0.4, 0.5) is 0 Å². The van der Waals surface area contributed by atoms with Gasteiger partial charge in [0.1, 0.15) is 11.5 Å². The second kappa shape index (κ2) is 9.89. The van der Waals surface area contributed by atoms with Crippen molar-refractivity contribution in [3.8, 4) is 11.5 Å². The average Bonchev–Trinajstić information content (AvgIpc) is 3.28. The molecule has 1 aliphatic heterocycles. The molecule has 1 aliphatic rings. The van der Waals surface area contributed by atoms with Crippen LogP contribution in [-0.4, -0.2) is 77.0 Å². The number of rotatable bonds is 8. The van der Waals surface area contributed by atoms with Crippen LogP contribution < -0.4 is 9.47 Å². The van der Waals surface area contributed by atoms with Gasteiger partial charge in [0.05, 0.1) is 26.8 Å². The summed E-state index contributed by atoms with van der Waals surface area (Å²) in [5, 5.41) is 12.8. The van der Waals surface area contributed by atoms with Crippen LogP contribution in [0.3, 0.4) is 0 Å². The highest BCUT2D eigenvalue weighted by atomic mass is 16.5. The van der Waals surface area contributed by atoms with Gasteiger partial charge in [-0.15, -0.1) is 5.10 Å². The van der Waals surface area contributed by atoms with Gasteiger partial charge in [-0.05, 0) is 52.4 Å². The van der Waals surface area contributed by atoms with Gasteiger partial charge < -0.3 is 14.4 Å². The molecule has 1 saturated heterocycles. The van der Waals surface area contributed by atoms with Crippen molar-refractivity contribution in [2.75, 3.05) is 46.9 Å². The largest absolute Gasteiger partial charge is 0.497 e. The molecular weight excluding hydrogens is 392 g/mol. The van der Waals surface area contributed by atoms with Gasteiger partial charge in [0, 0.05) is 26.2 Å². The van der Waals surface area contributed by atoms with Crippen LogP contribution in [0.2, 0.25) is 0 Å². The zero-order chi connectivity index (χ0) is 21.6. The number of hydrogen-bond donors (Lipinski definition) is 0. The SMILES string of the molecule is CCN1CCN([C@H](c2ccc(OC)cc2)c2nnnn2Cc2ccc(OC)cc2)CC1. The zero-order valence-electron chi connectivity index (χ0n) is 18.4. The van der Waals surface area contributed by atoms with Crippen molar-refractivity contribution in [1.29, 1.82) is 0 Å². The van der Waals surface area contributed by atoms with Crippen molar-refractivity contribution in [2.45, 2.75) is 19.5 Å². The Hall–Kier alpha value is -2.97. The number of tetrazole rings is 1. The Morgan fingerprint density at radius 3 is 2.06 bits per heavy atom. The maximum absolute atomic E-state index is 5.36. The molecule has 2 aromatic carbocycles. The number of benzene rings is 2. The van der Waals surface area contributed by atoms with E-state index < -0.39 is 0 Å². The van der Waals surface area contributed by atoms with Crippen LogP contribution in [-0.2, 0) is 6.54 Å². The molecule has 0 bridgehead atoms. The fraction of sp³-hybridized carbons (Fsp3) is 0.435. The van der Waals surface area contributed by atoms with E-state index >= 15 is 0 Å². The Bertz CT molecular complexity index is 949. The van der Waals surface area contributed by atoms with Crippen LogP contribution >= 0.6 is 0 Å². The minimum Gasteiger partial charge on any atom is -0.497 e. The molecule has 8 heteroatoms. The predicted octanol–water partition coefficient (Wildman–Crippen LogP) is 2.47. The van der Waals surface area contributed by atoms with E-state index in [1.165, 1.54) is 0 Å². The fourth-order valence-electron chi connectivity index (χ4n) is 4.07. The standard InChI is InChI=1S/C23H30N6O2/c1-4-27-13-15-28(16-14-27)22(19-7-11-21(31-3)12-8-19)23-24-25-26-29(23)17-18-5-9-20(30-2)10-6-18/h5-12,22H,4,13-17H2,1-3H3/t22-/m1/s1. The molecule has 3 aromatic rings. The number of ether oxygens (including phenoxy) is 2. The molecule has 0 saturated carbocycles. The maximum atomic E-state index is 5.36. The van der Waals surface area contributed by atoms with Crippen LogP contribution in [0, 0.1) is 0 Å². The lowest BCUT2D eigenvalue weighted by atomic mass is 10.0. The highest BCUT2D eigenvalue weighted by molar-refractivity contribution is 5.32. The summed E-state index contributed by atoms with van der Waals surface area (Å²) in [6, 6.07) is 16.2. The second-order valence-electron chi connectivity index (χ2n) is 7.69. The molecule has 4 rings (SSSR count). The maximum Gasteiger partial charge on any atom is 0.173 e. The summed E-state index contributed by atoms with van der Waals surface area (Å²) in [6.45, 7) is 7.93. The molecule has 0 aliphatic carbocycles. The normalized spacial score (nSPS) is 16.2. The van der Waals surface area contributed by atoms with E-state index in [-0.39, 0.29) is 6.04 Å². The summed E-state index contributed by atoms with van der Waals surface area (Å²) in [5.74, 6) is 2.53. The van der Waals surface area contributed by atoms with Crippen molar-refractivity contribution < 1.29 is 9.47 Å². The minimum absolute atomic E-state index is 0.0156. The number of aromatic nitrogens is 4. The lowest BCUT2D eigenvalue weighted by Gasteiger charge is -2.38. The number of hydrogen-bond acceptors (Lipinski definition) is 7. The lowest BCUT2D eigenvalue weighted by molar-refractivity contribution is 0.108. The number of likely N-dealkylation sites (N-methyl/N-ethyl adjacent to an activating group) is 1. The summed E-state index contributed by atoms with van der Waals surface area (Å²) in [7, 11) is 3.36. The van der Waals surface area contributed by atoms with Crippen LogP contribution in [0.1, 0.15) is 29.9 Å². The Balaban J connectivity index is 1.64. The molecule has 0 spiro atoms. The van der Waals surface area contributed by atoms with Gasteiger partial charge in [-0.2, -0.15) is 0 Å². The van der Waals surface area contributed by atoms with E-state index in [1.807, 2.05) is 41.1 Å². The third-order valence-electron chi connectivity index (χ3n) is 5.95. The van der Waals surface area contributed by atoms with E-state index in [9.17, 15) is 0 Å². The number of piperazine rings is 1. The van der Waals surface area contributed by atoms with Gasteiger partial charge in [-0.25, -0.2) is 4.68 Å². The first-order valence-electron chi connectivity index (χ1n) is 10.7. The Kier molecular flexibility index (Phi) is 6.79. The highest BCUT2D eigenvalue weighted by Crippen LogP contribution is 2.29. The molecular formula is C23H30N6O2. The van der Waals surface area contributed by atoms with Gasteiger partial charge in [-0.1, -0.05) is 31.2 Å². The zero-order valence-corrected chi connectivity index (χ0v) is 18.4. The molecule has 0 N–H and O–H groups in total. The number of methoxy groups -OCH3 is 2. The fourth-order valence-corrected chi connectivity index (χ4v) is 4.07.